The van der Waals surface area contributed by atoms with Gasteiger partial charge in [-0.3, -0.25) is 19.5 Å². The molecule has 0 aliphatic carbocycles. The minimum absolute atomic E-state index is 0.145. The molecule has 0 unspecified atom stereocenters. The van der Waals surface area contributed by atoms with E-state index in [1.165, 1.54) is 10.5 Å². The normalized spacial score (nSPS) is 10.8. The van der Waals surface area contributed by atoms with Crippen molar-refractivity contribution in [3.63, 3.8) is 0 Å². The summed E-state index contributed by atoms with van der Waals surface area (Å²) in [5.41, 5.74) is 6.31. The van der Waals surface area contributed by atoms with Crippen LogP contribution in [-0.4, -0.2) is 60.2 Å². The first-order valence-corrected chi connectivity index (χ1v) is 12.7. The maximum atomic E-state index is 13.3. The molecule has 2 amide bonds. The predicted octanol–water partition coefficient (Wildman–Crippen LogP) is 5.20. The van der Waals surface area contributed by atoms with Gasteiger partial charge in [-0.15, -0.1) is 0 Å². The molecule has 4 aromatic rings. The first-order chi connectivity index (χ1) is 18.8. The van der Waals surface area contributed by atoms with Gasteiger partial charge < -0.3 is 14.4 Å². The van der Waals surface area contributed by atoms with Crippen LogP contribution < -0.4 is 10.1 Å². The minimum atomic E-state index is -0.358. The Morgan fingerprint density at radius 1 is 0.923 bits per heavy atom. The van der Waals surface area contributed by atoms with Crippen LogP contribution in [-0.2, 0) is 9.53 Å². The molecule has 8 heteroatoms. The molecule has 3 aromatic carbocycles. The number of nitrogens with one attached hydrogen (secondary N) is 1. The van der Waals surface area contributed by atoms with Crippen LogP contribution in [0.1, 0.15) is 27.0 Å². The van der Waals surface area contributed by atoms with Crippen LogP contribution in [0, 0.1) is 20.8 Å². The number of anilines is 1. The first kappa shape index (κ1) is 27.6. The molecule has 0 atom stereocenters. The van der Waals surface area contributed by atoms with Gasteiger partial charge in [0.15, 0.2) is 0 Å². The number of carbonyl (C=O) groups excluding carboxylic acids is 2. The Kier molecular flexibility index (Phi) is 8.78. The van der Waals surface area contributed by atoms with Gasteiger partial charge in [0, 0.05) is 36.7 Å². The first-order valence-electron chi connectivity index (χ1n) is 12.7. The molecule has 0 saturated heterocycles. The zero-order valence-electron chi connectivity index (χ0n) is 23.0. The van der Waals surface area contributed by atoms with Crippen molar-refractivity contribution < 1.29 is 19.1 Å². The monoisotopic (exact) mass is 526 g/mol. The number of aromatic nitrogens is 2. The van der Waals surface area contributed by atoms with Crippen LogP contribution in [0.2, 0.25) is 0 Å². The molecule has 1 aromatic heterocycles. The van der Waals surface area contributed by atoms with Gasteiger partial charge in [0.05, 0.1) is 19.4 Å². The number of benzene rings is 3. The Morgan fingerprint density at radius 3 is 2.28 bits per heavy atom. The number of hydrogen-bond acceptors (Lipinski definition) is 5. The highest BCUT2D eigenvalue weighted by atomic mass is 16.5. The highest BCUT2D eigenvalue weighted by Gasteiger charge is 2.21. The van der Waals surface area contributed by atoms with Gasteiger partial charge in [-0.05, 0) is 80.4 Å². The van der Waals surface area contributed by atoms with Crippen LogP contribution in [0.25, 0.3) is 16.9 Å². The average Bonchev–Trinajstić information content (AvgIpc) is 3.36. The molecule has 0 saturated carbocycles. The second-order valence-corrected chi connectivity index (χ2v) is 9.45. The van der Waals surface area contributed by atoms with Crippen LogP contribution in [0.4, 0.5) is 5.95 Å². The summed E-state index contributed by atoms with van der Waals surface area (Å²) in [5.74, 6) is 0.515. The number of imidazole rings is 1. The van der Waals surface area contributed by atoms with Crippen molar-refractivity contribution >= 4 is 17.8 Å². The summed E-state index contributed by atoms with van der Waals surface area (Å²) < 4.78 is 12.3. The number of methoxy groups -OCH3 is 2. The lowest BCUT2D eigenvalue weighted by molar-refractivity contribution is -0.117. The second kappa shape index (κ2) is 12.4. The zero-order valence-corrected chi connectivity index (χ0v) is 23.0. The topological polar surface area (TPSA) is 85.7 Å². The SMILES string of the molecule is COCCN(CC(=O)Nc1nc(-c2ccc(OC)cc2)cn1-c1ccc(C)c(C)c1)C(=O)c1ccc(C)cc1. The van der Waals surface area contributed by atoms with Gasteiger partial charge in [0.1, 0.15) is 12.3 Å². The van der Waals surface area contributed by atoms with Gasteiger partial charge in [-0.2, -0.15) is 0 Å². The van der Waals surface area contributed by atoms with E-state index in [2.05, 4.69) is 18.3 Å². The summed E-state index contributed by atoms with van der Waals surface area (Å²) in [6.45, 7) is 6.50. The molecule has 1 N–H and O–H groups in total. The molecule has 0 aliphatic rings. The summed E-state index contributed by atoms with van der Waals surface area (Å²) in [7, 11) is 3.19. The predicted molar refractivity (Wildman–Crippen MR) is 153 cm³/mol. The Balaban J connectivity index is 1.63. The van der Waals surface area contributed by atoms with Crippen LogP contribution in [0.3, 0.4) is 0 Å². The van der Waals surface area contributed by atoms with Crippen molar-refractivity contribution in [1.29, 1.82) is 0 Å². The van der Waals surface area contributed by atoms with E-state index < -0.39 is 0 Å². The lowest BCUT2D eigenvalue weighted by Gasteiger charge is -2.22. The van der Waals surface area contributed by atoms with Gasteiger partial charge in [-0.25, -0.2) is 4.98 Å². The summed E-state index contributed by atoms with van der Waals surface area (Å²) in [4.78, 5) is 32.7. The fraction of sp³-hybridized carbons (Fsp3) is 0.258. The van der Waals surface area contributed by atoms with E-state index in [-0.39, 0.29) is 24.9 Å². The minimum Gasteiger partial charge on any atom is -0.497 e. The van der Waals surface area contributed by atoms with Crippen LogP contribution in [0.15, 0.2) is 72.9 Å². The van der Waals surface area contributed by atoms with Gasteiger partial charge in [0.25, 0.3) is 5.91 Å². The van der Waals surface area contributed by atoms with Gasteiger partial charge in [0.2, 0.25) is 11.9 Å². The standard InChI is InChI=1S/C31H34N4O4/c1-21-6-9-25(10-7-21)30(37)34(16-17-38-4)20-29(36)33-31-32-28(24-11-14-27(39-5)15-12-24)19-35(31)26-13-8-22(2)23(3)18-26/h6-15,18-19H,16-17,20H2,1-5H3,(H,32,33,36). The Bertz CT molecular complexity index is 1440. The molecule has 1 heterocycles. The van der Waals surface area contributed by atoms with E-state index in [1.807, 2.05) is 73.1 Å². The zero-order chi connectivity index (χ0) is 27.9. The number of carbonyl (C=O) groups is 2. The van der Waals surface area contributed by atoms with Crippen molar-refractivity contribution in [1.82, 2.24) is 14.5 Å². The Labute approximate surface area is 229 Å². The highest BCUT2D eigenvalue weighted by Crippen LogP contribution is 2.27. The largest absolute Gasteiger partial charge is 0.497 e. The smallest absolute Gasteiger partial charge is 0.254 e. The lowest BCUT2D eigenvalue weighted by Crippen LogP contribution is -2.40. The van der Waals surface area contributed by atoms with Crippen molar-refractivity contribution in [2.45, 2.75) is 20.8 Å². The van der Waals surface area contributed by atoms with Crippen molar-refractivity contribution in [2.24, 2.45) is 0 Å². The number of ether oxygens (including phenoxy) is 2. The van der Waals surface area contributed by atoms with Crippen molar-refractivity contribution in [3.05, 3.63) is 95.2 Å². The Morgan fingerprint density at radius 2 is 1.64 bits per heavy atom. The van der Waals surface area contributed by atoms with Crippen molar-refractivity contribution in [2.75, 3.05) is 39.2 Å². The van der Waals surface area contributed by atoms with E-state index in [4.69, 9.17) is 14.5 Å². The number of nitrogens with zero attached hydrogens (tertiary/aromatic N) is 3. The van der Waals surface area contributed by atoms with Gasteiger partial charge >= 0.3 is 0 Å². The third-order valence-electron chi connectivity index (χ3n) is 6.60. The van der Waals surface area contributed by atoms with E-state index in [1.54, 1.807) is 26.4 Å². The fourth-order valence-electron chi connectivity index (χ4n) is 4.11. The van der Waals surface area contributed by atoms with Crippen LogP contribution >= 0.6 is 0 Å². The molecular weight excluding hydrogens is 492 g/mol. The number of hydrogen-bond donors (Lipinski definition) is 1. The van der Waals surface area contributed by atoms with Crippen molar-refractivity contribution in [3.8, 4) is 22.7 Å². The maximum absolute atomic E-state index is 13.3. The summed E-state index contributed by atoms with van der Waals surface area (Å²) in [6.07, 6.45) is 1.89. The average molecular weight is 527 g/mol. The fourth-order valence-corrected chi connectivity index (χ4v) is 4.11. The summed E-state index contributed by atoms with van der Waals surface area (Å²) in [5, 5.41) is 2.93. The van der Waals surface area contributed by atoms with Gasteiger partial charge in [-0.1, -0.05) is 23.8 Å². The Hall–Kier alpha value is -4.43. The summed E-state index contributed by atoms with van der Waals surface area (Å²) in [6, 6.07) is 20.9. The molecule has 0 bridgehead atoms. The number of rotatable bonds is 10. The third kappa shape index (κ3) is 6.72. The molecule has 0 radical (unpaired) electrons. The molecule has 0 spiro atoms. The molecule has 8 nitrogen and oxygen atoms in total. The van der Waals surface area contributed by atoms with E-state index >= 15 is 0 Å². The van der Waals surface area contributed by atoms with Crippen LogP contribution in [0.5, 0.6) is 5.75 Å². The van der Waals surface area contributed by atoms with E-state index in [0.29, 0.717) is 23.8 Å². The molecular formula is C31H34N4O4. The quantitative estimate of drug-likeness (QED) is 0.307. The third-order valence-corrected chi connectivity index (χ3v) is 6.60. The second-order valence-electron chi connectivity index (χ2n) is 9.45. The molecule has 0 aliphatic heterocycles. The number of aryl methyl sites for hydroxylation is 3. The lowest BCUT2D eigenvalue weighted by atomic mass is 10.1. The maximum Gasteiger partial charge on any atom is 0.254 e. The molecule has 4 rings (SSSR count). The van der Waals surface area contributed by atoms with E-state index in [0.717, 1.165) is 28.1 Å². The van der Waals surface area contributed by atoms with E-state index in [9.17, 15) is 9.59 Å². The summed E-state index contributed by atoms with van der Waals surface area (Å²) >= 11 is 0. The molecule has 0 fully saturated rings. The highest BCUT2D eigenvalue weighted by molar-refractivity contribution is 5.99. The molecule has 39 heavy (non-hydrogen) atoms. The molecule has 202 valence electrons. The number of amides is 2.